The molecule has 3 aliphatic heterocycles. The highest BCUT2D eigenvalue weighted by atomic mass is 32.2. The first kappa shape index (κ1) is 17.4. The Bertz CT molecular complexity index is 990. The van der Waals surface area contributed by atoms with Crippen LogP contribution in [0.1, 0.15) is 40.7 Å². The van der Waals surface area contributed by atoms with E-state index < -0.39 is 6.04 Å². The molecule has 1 N–H and O–H groups in total. The molecule has 3 heterocycles. The SMILES string of the molecule is CC1(C)SC2c3ccccc3C(=O)N2C1C(=O)NCc1ccc2c(c1)OCO2. The Morgan fingerprint density at radius 3 is 2.86 bits per heavy atom. The third kappa shape index (κ3) is 2.57. The Labute approximate surface area is 167 Å². The summed E-state index contributed by atoms with van der Waals surface area (Å²) < 4.78 is 10.3. The van der Waals surface area contributed by atoms with Crippen molar-refractivity contribution in [1.29, 1.82) is 0 Å². The monoisotopic (exact) mass is 396 g/mol. The van der Waals surface area contributed by atoms with E-state index in [4.69, 9.17) is 9.47 Å². The molecule has 2 aromatic rings. The predicted octanol–water partition coefficient (Wildman–Crippen LogP) is 3.08. The maximum absolute atomic E-state index is 13.1. The molecule has 0 spiro atoms. The molecule has 0 bridgehead atoms. The van der Waals surface area contributed by atoms with Crippen molar-refractivity contribution in [3.8, 4) is 11.5 Å². The highest BCUT2D eigenvalue weighted by molar-refractivity contribution is 8.01. The quantitative estimate of drug-likeness (QED) is 0.864. The molecule has 6 nitrogen and oxygen atoms in total. The number of ether oxygens (including phenoxy) is 2. The van der Waals surface area contributed by atoms with Crippen LogP contribution in [0.15, 0.2) is 42.5 Å². The molecule has 7 heteroatoms. The van der Waals surface area contributed by atoms with Crippen molar-refractivity contribution in [3.63, 3.8) is 0 Å². The lowest BCUT2D eigenvalue weighted by Gasteiger charge is -2.29. The molecular weight excluding hydrogens is 376 g/mol. The Morgan fingerprint density at radius 1 is 1.21 bits per heavy atom. The van der Waals surface area contributed by atoms with E-state index in [-0.39, 0.29) is 28.7 Å². The van der Waals surface area contributed by atoms with Crippen molar-refractivity contribution >= 4 is 23.6 Å². The summed E-state index contributed by atoms with van der Waals surface area (Å²) in [5.41, 5.74) is 2.62. The number of thioether (sulfide) groups is 1. The number of hydrogen-bond donors (Lipinski definition) is 1. The standard InChI is InChI=1S/C21H20N2O4S/c1-21(2)17(23-19(25)13-5-3-4-6-14(13)20(23)28-21)18(24)22-10-12-7-8-15-16(9-12)27-11-26-15/h3-9,17,20H,10-11H2,1-2H3,(H,22,24). The van der Waals surface area contributed by atoms with E-state index in [1.165, 1.54) is 0 Å². The van der Waals surface area contributed by atoms with Crippen molar-refractivity contribution in [2.45, 2.75) is 36.6 Å². The zero-order valence-electron chi connectivity index (χ0n) is 15.6. The second kappa shape index (κ2) is 6.17. The fraction of sp³-hybridized carbons (Fsp3) is 0.333. The zero-order valence-corrected chi connectivity index (χ0v) is 16.4. The number of fused-ring (bicyclic) bond motifs is 4. The summed E-state index contributed by atoms with van der Waals surface area (Å²) in [6, 6.07) is 12.7. The lowest BCUT2D eigenvalue weighted by Crippen LogP contribution is -2.52. The topological polar surface area (TPSA) is 67.9 Å². The van der Waals surface area contributed by atoms with Crippen molar-refractivity contribution in [2.75, 3.05) is 6.79 Å². The van der Waals surface area contributed by atoms with Crippen LogP contribution in [-0.4, -0.2) is 34.3 Å². The average molecular weight is 396 g/mol. The van der Waals surface area contributed by atoms with E-state index in [1.807, 2.05) is 56.3 Å². The van der Waals surface area contributed by atoms with Gasteiger partial charge in [0.15, 0.2) is 11.5 Å². The molecule has 0 saturated carbocycles. The lowest BCUT2D eigenvalue weighted by atomic mass is 10.0. The summed E-state index contributed by atoms with van der Waals surface area (Å²) in [5, 5.41) is 2.89. The van der Waals surface area contributed by atoms with Gasteiger partial charge in [0.05, 0.1) is 0 Å². The molecule has 0 aliphatic carbocycles. The van der Waals surface area contributed by atoms with Gasteiger partial charge in [-0.25, -0.2) is 0 Å². The van der Waals surface area contributed by atoms with Gasteiger partial charge < -0.3 is 19.7 Å². The Hall–Kier alpha value is -2.67. The molecule has 0 radical (unpaired) electrons. The number of nitrogens with one attached hydrogen (secondary N) is 1. The molecule has 3 aliphatic rings. The minimum atomic E-state index is -0.531. The molecule has 2 aromatic carbocycles. The minimum Gasteiger partial charge on any atom is -0.454 e. The molecule has 2 unspecified atom stereocenters. The molecule has 5 rings (SSSR count). The first-order valence-electron chi connectivity index (χ1n) is 9.21. The van der Waals surface area contributed by atoms with Gasteiger partial charge in [-0.05, 0) is 43.2 Å². The van der Waals surface area contributed by atoms with Crippen LogP contribution in [0.3, 0.4) is 0 Å². The minimum absolute atomic E-state index is 0.0677. The Kier molecular flexibility index (Phi) is 3.84. The summed E-state index contributed by atoms with van der Waals surface area (Å²) >= 11 is 1.67. The summed E-state index contributed by atoms with van der Waals surface area (Å²) in [7, 11) is 0. The molecule has 144 valence electrons. The molecule has 1 saturated heterocycles. The lowest BCUT2D eigenvalue weighted by molar-refractivity contribution is -0.126. The van der Waals surface area contributed by atoms with Crippen molar-refractivity contribution < 1.29 is 19.1 Å². The highest BCUT2D eigenvalue weighted by Gasteiger charge is 2.57. The molecule has 28 heavy (non-hydrogen) atoms. The van der Waals surface area contributed by atoms with Gasteiger partial charge in [0, 0.05) is 16.9 Å². The van der Waals surface area contributed by atoms with Crippen LogP contribution >= 0.6 is 11.8 Å². The van der Waals surface area contributed by atoms with Gasteiger partial charge in [-0.3, -0.25) is 9.59 Å². The Balaban J connectivity index is 1.36. The molecule has 2 atom stereocenters. The number of carbonyl (C=O) groups excluding carboxylic acids is 2. The van der Waals surface area contributed by atoms with Gasteiger partial charge >= 0.3 is 0 Å². The summed E-state index contributed by atoms with van der Waals surface area (Å²) in [5.74, 6) is 1.20. The maximum atomic E-state index is 13.1. The predicted molar refractivity (Wildman–Crippen MR) is 105 cm³/mol. The number of hydrogen-bond acceptors (Lipinski definition) is 5. The third-order valence-electron chi connectivity index (χ3n) is 5.45. The van der Waals surface area contributed by atoms with Gasteiger partial charge in [-0.1, -0.05) is 24.3 Å². The van der Waals surface area contributed by atoms with E-state index >= 15 is 0 Å². The van der Waals surface area contributed by atoms with Crippen molar-refractivity contribution in [2.24, 2.45) is 0 Å². The van der Waals surface area contributed by atoms with E-state index in [0.717, 1.165) is 11.1 Å². The second-order valence-corrected chi connectivity index (χ2v) is 9.42. The van der Waals surface area contributed by atoms with Gasteiger partial charge in [0.2, 0.25) is 12.7 Å². The fourth-order valence-corrected chi connectivity index (χ4v) is 5.73. The summed E-state index contributed by atoms with van der Waals surface area (Å²) in [6.45, 7) is 4.64. The number of benzene rings is 2. The van der Waals surface area contributed by atoms with E-state index in [9.17, 15) is 9.59 Å². The highest BCUT2D eigenvalue weighted by Crippen LogP contribution is 2.56. The molecular formula is C21H20N2O4S. The van der Waals surface area contributed by atoms with E-state index in [1.54, 1.807) is 16.7 Å². The maximum Gasteiger partial charge on any atom is 0.256 e. The van der Waals surface area contributed by atoms with Gasteiger partial charge in [0.1, 0.15) is 11.4 Å². The average Bonchev–Trinajstić information content (AvgIpc) is 3.32. The van der Waals surface area contributed by atoms with Crippen molar-refractivity contribution in [1.82, 2.24) is 10.2 Å². The third-order valence-corrected chi connectivity index (χ3v) is 6.98. The van der Waals surface area contributed by atoms with Crippen LogP contribution in [0, 0.1) is 0 Å². The number of carbonyl (C=O) groups is 2. The van der Waals surface area contributed by atoms with E-state index in [2.05, 4.69) is 5.32 Å². The normalized spacial score (nSPS) is 23.5. The summed E-state index contributed by atoms with van der Waals surface area (Å²) in [6.07, 6.45) is 0. The van der Waals surface area contributed by atoms with Crippen LogP contribution in [0.2, 0.25) is 0 Å². The summed E-state index contributed by atoms with van der Waals surface area (Å²) in [4.78, 5) is 27.9. The molecule has 1 fully saturated rings. The van der Waals surface area contributed by atoms with Crippen LogP contribution in [0.5, 0.6) is 11.5 Å². The fourth-order valence-electron chi connectivity index (χ4n) is 4.14. The molecule has 0 aromatic heterocycles. The zero-order chi connectivity index (χ0) is 19.5. The van der Waals surface area contributed by atoms with Crippen LogP contribution in [0.25, 0.3) is 0 Å². The Morgan fingerprint density at radius 2 is 2.00 bits per heavy atom. The number of rotatable bonds is 3. The van der Waals surface area contributed by atoms with Gasteiger partial charge in [-0.2, -0.15) is 0 Å². The molecule has 2 amide bonds. The smallest absolute Gasteiger partial charge is 0.256 e. The van der Waals surface area contributed by atoms with Crippen LogP contribution in [-0.2, 0) is 11.3 Å². The van der Waals surface area contributed by atoms with Gasteiger partial charge in [-0.15, -0.1) is 11.8 Å². The van der Waals surface area contributed by atoms with Gasteiger partial charge in [0.25, 0.3) is 5.91 Å². The first-order chi connectivity index (χ1) is 13.5. The number of amides is 2. The second-order valence-electron chi connectivity index (χ2n) is 7.68. The van der Waals surface area contributed by atoms with Crippen LogP contribution < -0.4 is 14.8 Å². The number of nitrogens with zero attached hydrogens (tertiary/aromatic N) is 1. The van der Waals surface area contributed by atoms with Crippen molar-refractivity contribution in [3.05, 3.63) is 59.2 Å². The van der Waals surface area contributed by atoms with E-state index in [0.29, 0.717) is 23.6 Å². The first-order valence-corrected chi connectivity index (χ1v) is 10.1. The largest absolute Gasteiger partial charge is 0.454 e. The van der Waals surface area contributed by atoms with Crippen LogP contribution in [0.4, 0.5) is 0 Å².